The normalized spacial score (nSPS) is 14.8. The van der Waals surface area contributed by atoms with Gasteiger partial charge in [0.25, 0.3) is 0 Å². The van der Waals surface area contributed by atoms with Gasteiger partial charge in [-0.25, -0.2) is 4.98 Å². The van der Waals surface area contributed by atoms with E-state index in [0.717, 1.165) is 90.1 Å². The molecule has 1 aromatic heterocycles. The summed E-state index contributed by atoms with van der Waals surface area (Å²) in [7, 11) is 0. The molecule has 0 aliphatic carbocycles. The first-order chi connectivity index (χ1) is 45.8. The molecule has 0 unspecified atom stereocenters. The van der Waals surface area contributed by atoms with Crippen LogP contribution in [-0.2, 0) is 21.7 Å². The molecule has 0 spiro atoms. The highest BCUT2D eigenvalue weighted by atomic mass is 15.4. The molecule has 0 bridgehead atoms. The number of fused-ring (bicyclic) bond motifs is 6. The molecule has 0 fully saturated rings. The second-order valence-corrected chi connectivity index (χ2v) is 27.1. The van der Waals surface area contributed by atoms with Crippen molar-refractivity contribution >= 4 is 57.0 Å². The van der Waals surface area contributed by atoms with Gasteiger partial charge < -0.3 is 14.7 Å². The van der Waals surface area contributed by atoms with Gasteiger partial charge >= 0.3 is 0 Å². The number of para-hydroxylation sites is 4. The van der Waals surface area contributed by atoms with Gasteiger partial charge in [-0.2, -0.15) is 0 Å². The van der Waals surface area contributed by atoms with Gasteiger partial charge in [-0.05, 0) is 156 Å². The van der Waals surface area contributed by atoms with Crippen LogP contribution >= 0.6 is 0 Å². The Morgan fingerprint density at radius 1 is 0.356 bits per heavy atom. The minimum Gasteiger partial charge on any atom is -0.321 e. The van der Waals surface area contributed by atoms with Gasteiger partial charge in [0.15, 0.2) is 0 Å². The van der Waals surface area contributed by atoms with Crippen LogP contribution in [0.4, 0.5) is 57.0 Å². The first-order valence-electron chi connectivity index (χ1n) is 35.0. The lowest BCUT2D eigenvalue weighted by molar-refractivity contribution is 0.569. The molecule has 0 saturated heterocycles. The van der Waals surface area contributed by atoms with Crippen LogP contribution in [0.15, 0.2) is 249 Å². The summed E-state index contributed by atoms with van der Waals surface area (Å²) in [5, 5.41) is 0. The van der Waals surface area contributed by atoms with Crippen LogP contribution in [0.25, 0.3) is 55.6 Å². The zero-order valence-electron chi connectivity index (χ0n) is 61.8. The van der Waals surface area contributed by atoms with Gasteiger partial charge in [0, 0.05) is 51.2 Å². The summed E-state index contributed by atoms with van der Waals surface area (Å²) in [6.07, 6.45) is 1.93. The van der Waals surface area contributed by atoms with Crippen molar-refractivity contribution in [1.82, 2.24) is 4.98 Å². The number of hydrogen-bond donors (Lipinski definition) is 0. The number of rotatable bonds is 9. The molecule has 10 aromatic carbocycles. The highest BCUT2D eigenvalue weighted by Gasteiger charge is 2.35. The SMILES string of the molecule is [2H]c1c([2H])c([2H])c(-c2cccc(-c3c([2H])c([2H])c([2H])c([2H])c3[2H])c2N2CN(c3cc(N(c4ccccc4)c4ccc5c(c4)N(c4cc(C(C)(C)C)ccn4)c4ccc(-c6cc(C(C)(C)C)cc(C(C)(C)C)c6)cc4-c4ccccc4-5)cc(C(C)(C)C)c3)c3ccccc32)c([2H])c1[2H]. The van der Waals surface area contributed by atoms with E-state index in [4.69, 9.17) is 13.2 Å². The second kappa shape index (κ2) is 21.8. The first kappa shape index (κ1) is 45.9. The molecule has 87 heavy (non-hydrogen) atoms. The molecule has 2 aliphatic rings. The molecule has 2 aliphatic heterocycles. The van der Waals surface area contributed by atoms with Gasteiger partial charge in [0.1, 0.15) is 12.5 Å². The average Bonchev–Trinajstić information content (AvgIpc) is 1.71. The van der Waals surface area contributed by atoms with Crippen LogP contribution in [0.1, 0.15) is 119 Å². The van der Waals surface area contributed by atoms with Crippen molar-refractivity contribution < 1.29 is 13.7 Å². The predicted molar refractivity (Wildman–Crippen MR) is 371 cm³/mol. The van der Waals surface area contributed by atoms with E-state index in [2.05, 4.69) is 231 Å². The molecule has 3 heterocycles. The summed E-state index contributed by atoms with van der Waals surface area (Å²) in [5.74, 6) is 0.779. The van der Waals surface area contributed by atoms with Gasteiger partial charge in [-0.15, -0.1) is 0 Å². The Morgan fingerprint density at radius 2 is 0.908 bits per heavy atom. The Balaban J connectivity index is 1.03. The third kappa shape index (κ3) is 10.8. The van der Waals surface area contributed by atoms with Crippen LogP contribution in [0, 0.1) is 0 Å². The number of anilines is 10. The van der Waals surface area contributed by atoms with Crippen molar-refractivity contribution in [3.05, 3.63) is 271 Å². The lowest BCUT2D eigenvalue weighted by Crippen LogP contribution is -2.25. The number of nitrogens with zero attached hydrogens (tertiary/aromatic N) is 5. The van der Waals surface area contributed by atoms with Gasteiger partial charge in [0.05, 0.1) is 42.1 Å². The van der Waals surface area contributed by atoms with Crippen molar-refractivity contribution in [3.63, 3.8) is 0 Å². The standard InChI is InChI=1S/C82H79N5/c1-79(2,3)59-43-44-83-77(51-59)87-73-42-39-57(58-45-60(80(4,5)6)48-61(46-58)81(7,8)9)47-72(73)70-34-23-22-33-69(70)71-41-40-64(53-76(71)87)86(63-31-20-15-21-32-63)66-50-62(82(10,11)12)49-65(52-66)84-54-85(75-38-25-24-37-74(75)84)78-67(55-27-16-13-17-28-55)35-26-36-68(78)56-29-18-14-19-30-56/h13-53H,54H2,1-12H3/i13D,14D,16D,17D,18D,19D,27D,28D,29D,30D. The maximum Gasteiger partial charge on any atom is 0.137 e. The minimum absolute atomic E-state index is 0.0820. The van der Waals surface area contributed by atoms with E-state index in [1.54, 1.807) is 18.2 Å². The Labute approximate surface area is 531 Å². The van der Waals surface area contributed by atoms with Crippen LogP contribution in [0.5, 0.6) is 0 Å². The summed E-state index contributed by atoms with van der Waals surface area (Å²) in [4.78, 5) is 14.1. The van der Waals surface area contributed by atoms with E-state index in [-0.39, 0.29) is 45.2 Å². The van der Waals surface area contributed by atoms with E-state index in [9.17, 15) is 5.48 Å². The Morgan fingerprint density at radius 3 is 1.52 bits per heavy atom. The quantitative estimate of drug-likeness (QED) is 0.143. The molecule has 432 valence electrons. The maximum atomic E-state index is 9.33. The molecule has 5 nitrogen and oxygen atoms in total. The molecule has 13 rings (SSSR count). The zero-order chi connectivity index (χ0) is 69.3. The van der Waals surface area contributed by atoms with Crippen molar-refractivity contribution in [2.24, 2.45) is 0 Å². The molecule has 5 heteroatoms. The van der Waals surface area contributed by atoms with Crippen molar-refractivity contribution in [2.45, 2.75) is 105 Å². The predicted octanol–water partition coefficient (Wildman–Crippen LogP) is 23.1. The highest BCUT2D eigenvalue weighted by molar-refractivity contribution is 6.05. The number of aromatic nitrogens is 1. The Bertz CT molecular complexity index is 4820. The minimum atomic E-state index is -0.553. The van der Waals surface area contributed by atoms with Crippen LogP contribution in [-0.4, -0.2) is 11.7 Å². The first-order valence-corrected chi connectivity index (χ1v) is 30.0. The fourth-order valence-corrected chi connectivity index (χ4v) is 12.2. The molecule has 0 atom stereocenters. The average molecular weight is 1140 g/mol. The molecular weight excluding hydrogens is 1050 g/mol. The van der Waals surface area contributed by atoms with Crippen molar-refractivity contribution in [1.29, 1.82) is 0 Å². The number of hydrogen-bond acceptors (Lipinski definition) is 5. The monoisotopic (exact) mass is 1140 g/mol. The van der Waals surface area contributed by atoms with Crippen LogP contribution < -0.4 is 19.6 Å². The second-order valence-electron chi connectivity index (χ2n) is 27.1. The molecule has 11 aromatic rings. The van der Waals surface area contributed by atoms with E-state index in [1.807, 2.05) is 41.4 Å². The van der Waals surface area contributed by atoms with Gasteiger partial charge in [-0.3, -0.25) is 4.90 Å². The summed E-state index contributed by atoms with van der Waals surface area (Å²) in [5.41, 5.74) is 17.9. The highest BCUT2D eigenvalue weighted by Crippen LogP contribution is 2.55. The van der Waals surface area contributed by atoms with Crippen molar-refractivity contribution in [3.8, 4) is 55.6 Å². The Hall–Kier alpha value is -9.45. The number of benzene rings is 10. The summed E-state index contributed by atoms with van der Waals surface area (Å²) < 4.78 is 89.8. The molecule has 0 N–H and O–H groups in total. The lowest BCUT2D eigenvalue weighted by Gasteiger charge is -2.33. The summed E-state index contributed by atoms with van der Waals surface area (Å²) in [6.45, 7) is 27.1. The number of pyridine rings is 1. The van der Waals surface area contributed by atoms with Gasteiger partial charge in [0.2, 0.25) is 0 Å². The Kier molecular flexibility index (Phi) is 11.5. The summed E-state index contributed by atoms with van der Waals surface area (Å²) in [6, 6.07) is 58.6. The zero-order valence-corrected chi connectivity index (χ0v) is 51.8. The molecule has 0 radical (unpaired) electrons. The third-order valence-corrected chi connectivity index (χ3v) is 17.0. The molecule has 0 amide bonds. The fourth-order valence-electron chi connectivity index (χ4n) is 12.2. The smallest absolute Gasteiger partial charge is 0.137 e. The summed E-state index contributed by atoms with van der Waals surface area (Å²) >= 11 is 0. The van der Waals surface area contributed by atoms with E-state index in [1.165, 1.54) is 11.1 Å². The van der Waals surface area contributed by atoms with Gasteiger partial charge in [-0.1, -0.05) is 247 Å². The van der Waals surface area contributed by atoms with E-state index >= 15 is 0 Å². The maximum absolute atomic E-state index is 9.33. The molecule has 0 saturated carbocycles. The van der Waals surface area contributed by atoms with Crippen molar-refractivity contribution in [2.75, 3.05) is 26.3 Å². The lowest BCUT2D eigenvalue weighted by atomic mass is 9.78. The van der Waals surface area contributed by atoms with Crippen LogP contribution in [0.3, 0.4) is 0 Å². The van der Waals surface area contributed by atoms with E-state index < -0.39 is 65.8 Å². The molecular formula is C82H79N5. The largest absolute Gasteiger partial charge is 0.321 e. The topological polar surface area (TPSA) is 25.9 Å². The third-order valence-electron chi connectivity index (χ3n) is 17.0. The van der Waals surface area contributed by atoms with Crippen LogP contribution in [0.2, 0.25) is 0 Å². The van der Waals surface area contributed by atoms with E-state index in [0.29, 0.717) is 11.4 Å². The fraction of sp³-hybridized carbons (Fsp3) is 0.207.